The van der Waals surface area contributed by atoms with Gasteiger partial charge in [0.05, 0.1) is 5.41 Å². The highest BCUT2D eigenvalue weighted by atomic mass is 16.4. The molecule has 0 aromatic rings. The number of carboxylic acids is 1. The van der Waals surface area contributed by atoms with Crippen LogP contribution in [0.1, 0.15) is 59.8 Å². The summed E-state index contributed by atoms with van der Waals surface area (Å²) in [6, 6.07) is 0. The van der Waals surface area contributed by atoms with Crippen LogP contribution in [0.5, 0.6) is 0 Å². The molecule has 1 amide bonds. The van der Waals surface area contributed by atoms with Crippen molar-refractivity contribution in [2.45, 2.75) is 59.8 Å². The molecule has 0 saturated heterocycles. The van der Waals surface area contributed by atoms with Crippen LogP contribution < -0.4 is 5.32 Å². The lowest BCUT2D eigenvalue weighted by atomic mass is 9.72. The third kappa shape index (κ3) is 4.84. The summed E-state index contributed by atoms with van der Waals surface area (Å²) in [6.45, 7) is 8.23. The van der Waals surface area contributed by atoms with E-state index in [1.165, 1.54) is 6.42 Å². The summed E-state index contributed by atoms with van der Waals surface area (Å²) >= 11 is 0. The first-order valence-corrected chi connectivity index (χ1v) is 7.15. The Kier molecular flexibility index (Phi) is 4.99. The molecule has 0 bridgehead atoms. The minimum atomic E-state index is -0.819. The highest BCUT2D eigenvalue weighted by Crippen LogP contribution is 2.38. The Morgan fingerprint density at radius 1 is 1.37 bits per heavy atom. The first-order valence-electron chi connectivity index (χ1n) is 7.15. The second kappa shape index (κ2) is 5.93. The standard InChI is InChI=1S/C15H27NO3/c1-14(2)7-5-6-11(10-14)12(17)16-9-8-15(3,4)13(18)19/h11H,5-10H2,1-4H3,(H,16,17)(H,18,19). The van der Waals surface area contributed by atoms with E-state index in [1.807, 2.05) is 0 Å². The van der Waals surface area contributed by atoms with Crippen LogP contribution >= 0.6 is 0 Å². The maximum absolute atomic E-state index is 12.1. The average molecular weight is 269 g/mol. The van der Waals surface area contributed by atoms with Crippen LogP contribution in [-0.4, -0.2) is 23.5 Å². The number of amides is 1. The number of carboxylic acid groups (broad SMARTS) is 1. The molecule has 0 spiro atoms. The summed E-state index contributed by atoms with van der Waals surface area (Å²) in [4.78, 5) is 23.1. The molecular weight excluding hydrogens is 242 g/mol. The molecule has 0 radical (unpaired) electrons. The largest absolute Gasteiger partial charge is 0.481 e. The van der Waals surface area contributed by atoms with Crippen LogP contribution in [-0.2, 0) is 9.59 Å². The molecule has 1 fully saturated rings. The van der Waals surface area contributed by atoms with Crippen LogP contribution in [0.25, 0.3) is 0 Å². The lowest BCUT2D eigenvalue weighted by Crippen LogP contribution is -2.38. The van der Waals surface area contributed by atoms with Crippen LogP contribution in [0.2, 0.25) is 0 Å². The zero-order valence-electron chi connectivity index (χ0n) is 12.6. The molecule has 110 valence electrons. The molecule has 4 nitrogen and oxygen atoms in total. The third-order valence-corrected chi connectivity index (χ3v) is 4.20. The van der Waals surface area contributed by atoms with E-state index in [9.17, 15) is 9.59 Å². The Balaban J connectivity index is 2.38. The summed E-state index contributed by atoms with van der Waals surface area (Å²) in [5.41, 5.74) is -0.528. The maximum Gasteiger partial charge on any atom is 0.309 e. The predicted octanol–water partition coefficient (Wildman–Crippen LogP) is 2.82. The van der Waals surface area contributed by atoms with Gasteiger partial charge in [0.2, 0.25) is 5.91 Å². The van der Waals surface area contributed by atoms with Gasteiger partial charge in [-0.05, 0) is 44.9 Å². The summed E-state index contributed by atoms with van der Waals surface area (Å²) in [5.74, 6) is -0.633. The lowest BCUT2D eigenvalue weighted by molar-refractivity contribution is -0.147. The normalized spacial score (nSPS) is 22.8. The summed E-state index contributed by atoms with van der Waals surface area (Å²) < 4.78 is 0. The van der Waals surface area contributed by atoms with Crippen molar-refractivity contribution in [3.63, 3.8) is 0 Å². The van der Waals surface area contributed by atoms with Crippen molar-refractivity contribution in [1.82, 2.24) is 5.32 Å². The van der Waals surface area contributed by atoms with E-state index in [2.05, 4.69) is 19.2 Å². The minimum Gasteiger partial charge on any atom is -0.481 e. The highest BCUT2D eigenvalue weighted by Gasteiger charge is 2.32. The first kappa shape index (κ1) is 16.0. The number of carbonyl (C=O) groups excluding carboxylic acids is 1. The highest BCUT2D eigenvalue weighted by molar-refractivity contribution is 5.79. The van der Waals surface area contributed by atoms with Crippen molar-refractivity contribution in [1.29, 1.82) is 0 Å². The molecule has 2 N–H and O–H groups in total. The summed E-state index contributed by atoms with van der Waals surface area (Å²) in [5, 5.41) is 11.9. The Hall–Kier alpha value is -1.06. The fourth-order valence-electron chi connectivity index (χ4n) is 2.67. The molecule has 19 heavy (non-hydrogen) atoms. The monoisotopic (exact) mass is 269 g/mol. The van der Waals surface area contributed by atoms with Gasteiger partial charge in [0.25, 0.3) is 0 Å². The van der Waals surface area contributed by atoms with Crippen molar-refractivity contribution in [3.05, 3.63) is 0 Å². The van der Waals surface area contributed by atoms with E-state index in [1.54, 1.807) is 13.8 Å². The molecule has 0 heterocycles. The minimum absolute atomic E-state index is 0.0916. The van der Waals surface area contributed by atoms with Crippen molar-refractivity contribution >= 4 is 11.9 Å². The van der Waals surface area contributed by atoms with Gasteiger partial charge in [-0.3, -0.25) is 9.59 Å². The zero-order chi connectivity index (χ0) is 14.7. The van der Waals surface area contributed by atoms with E-state index in [-0.39, 0.29) is 17.2 Å². The van der Waals surface area contributed by atoms with Gasteiger partial charge in [-0.1, -0.05) is 20.3 Å². The second-order valence-electron chi connectivity index (χ2n) is 7.19. The van der Waals surface area contributed by atoms with Gasteiger partial charge >= 0.3 is 5.97 Å². The molecule has 1 unspecified atom stereocenters. The number of carbonyl (C=O) groups is 2. The van der Waals surface area contributed by atoms with Gasteiger partial charge in [0.1, 0.15) is 0 Å². The van der Waals surface area contributed by atoms with E-state index in [4.69, 9.17) is 5.11 Å². The van der Waals surface area contributed by atoms with Crippen molar-refractivity contribution < 1.29 is 14.7 Å². The van der Waals surface area contributed by atoms with Gasteiger partial charge in [0.15, 0.2) is 0 Å². The SMILES string of the molecule is CC1(C)CCCC(C(=O)NCCC(C)(C)C(=O)O)C1. The zero-order valence-corrected chi connectivity index (χ0v) is 12.6. The van der Waals surface area contributed by atoms with E-state index in [0.29, 0.717) is 13.0 Å². The van der Waals surface area contributed by atoms with Gasteiger partial charge in [-0.2, -0.15) is 0 Å². The number of nitrogens with one attached hydrogen (secondary N) is 1. The number of hydrogen-bond acceptors (Lipinski definition) is 2. The fourth-order valence-corrected chi connectivity index (χ4v) is 2.67. The number of hydrogen-bond donors (Lipinski definition) is 2. The Morgan fingerprint density at radius 2 is 2.00 bits per heavy atom. The Bertz CT molecular complexity index is 347. The van der Waals surface area contributed by atoms with Crippen molar-refractivity contribution in [2.24, 2.45) is 16.7 Å². The number of rotatable bonds is 5. The molecule has 4 heteroatoms. The van der Waals surface area contributed by atoms with Crippen LogP contribution in [0.4, 0.5) is 0 Å². The van der Waals surface area contributed by atoms with Gasteiger partial charge in [-0.25, -0.2) is 0 Å². The molecule has 1 aliphatic rings. The van der Waals surface area contributed by atoms with E-state index in [0.717, 1.165) is 19.3 Å². The first-order chi connectivity index (χ1) is 8.64. The van der Waals surface area contributed by atoms with E-state index >= 15 is 0 Å². The van der Waals surface area contributed by atoms with Crippen molar-refractivity contribution in [2.75, 3.05) is 6.54 Å². The van der Waals surface area contributed by atoms with Gasteiger partial charge in [0, 0.05) is 12.5 Å². The predicted molar refractivity (Wildman–Crippen MR) is 74.8 cm³/mol. The molecule has 1 aliphatic carbocycles. The molecule has 0 aromatic carbocycles. The van der Waals surface area contributed by atoms with E-state index < -0.39 is 11.4 Å². The van der Waals surface area contributed by atoms with Gasteiger partial charge in [-0.15, -0.1) is 0 Å². The number of aliphatic carboxylic acids is 1. The molecular formula is C15H27NO3. The fraction of sp³-hybridized carbons (Fsp3) is 0.867. The van der Waals surface area contributed by atoms with Crippen molar-refractivity contribution in [3.8, 4) is 0 Å². The lowest BCUT2D eigenvalue weighted by Gasteiger charge is -2.34. The van der Waals surface area contributed by atoms with Crippen LogP contribution in [0, 0.1) is 16.7 Å². The molecule has 1 saturated carbocycles. The summed E-state index contributed by atoms with van der Waals surface area (Å²) in [6.07, 6.45) is 4.64. The molecule has 1 atom stereocenters. The third-order valence-electron chi connectivity index (χ3n) is 4.20. The summed E-state index contributed by atoms with van der Waals surface area (Å²) in [7, 11) is 0. The quantitative estimate of drug-likeness (QED) is 0.806. The second-order valence-corrected chi connectivity index (χ2v) is 7.19. The average Bonchev–Trinajstić information content (AvgIpc) is 2.27. The molecule has 0 aromatic heterocycles. The van der Waals surface area contributed by atoms with Crippen LogP contribution in [0.15, 0.2) is 0 Å². The molecule has 1 rings (SSSR count). The topological polar surface area (TPSA) is 66.4 Å². The maximum atomic E-state index is 12.1. The van der Waals surface area contributed by atoms with Gasteiger partial charge < -0.3 is 10.4 Å². The Morgan fingerprint density at radius 3 is 2.53 bits per heavy atom. The van der Waals surface area contributed by atoms with Crippen LogP contribution in [0.3, 0.4) is 0 Å². The molecule has 0 aliphatic heterocycles. The smallest absolute Gasteiger partial charge is 0.309 e. The Labute approximate surface area is 116 Å².